The standard InChI is InChI=1S/C24H27N5O8/c25-19(31)10-15(12-30)29(11-20(32)33)22(34)17-4-1-5-18-21(17)36-8-2-3-13-9-14(28-24(26)27)6-7-16(13)23(35)37-18/h1,4-7,9,15,30H,2-3,8,10-12H2,(H2,25,31)(H,32,33)(H4,26,27,28)/t15-/m0/s1. The highest BCUT2D eigenvalue weighted by molar-refractivity contribution is 6.00. The Morgan fingerprint density at radius 2 is 1.95 bits per heavy atom. The number of carboxylic acid groups (broad SMARTS) is 1. The van der Waals surface area contributed by atoms with Crippen molar-refractivity contribution in [3.63, 3.8) is 0 Å². The van der Waals surface area contributed by atoms with Gasteiger partial charge in [0.15, 0.2) is 17.5 Å². The number of rotatable bonds is 8. The molecular weight excluding hydrogens is 486 g/mol. The van der Waals surface area contributed by atoms with Crippen LogP contribution in [0.3, 0.4) is 0 Å². The van der Waals surface area contributed by atoms with Gasteiger partial charge >= 0.3 is 11.9 Å². The number of nitrogens with two attached hydrogens (primary N) is 2. The molecule has 196 valence electrons. The Labute approximate surface area is 211 Å². The minimum absolute atomic E-state index is 0.0691. The predicted molar refractivity (Wildman–Crippen MR) is 131 cm³/mol. The monoisotopic (exact) mass is 513 g/mol. The normalized spacial score (nSPS) is 13.6. The van der Waals surface area contributed by atoms with Crippen LogP contribution in [0.2, 0.25) is 0 Å². The number of aliphatic hydroxyl groups is 1. The minimum atomic E-state index is -1.37. The summed E-state index contributed by atoms with van der Waals surface area (Å²) in [5, 5.41) is 29.1. The Morgan fingerprint density at radius 1 is 1.19 bits per heavy atom. The lowest BCUT2D eigenvalue weighted by Gasteiger charge is -2.29. The molecule has 0 aliphatic carbocycles. The zero-order chi connectivity index (χ0) is 27.1. The van der Waals surface area contributed by atoms with Crippen LogP contribution in [0, 0.1) is 5.41 Å². The first-order chi connectivity index (χ1) is 17.6. The van der Waals surface area contributed by atoms with Crippen LogP contribution in [0.5, 0.6) is 11.5 Å². The summed E-state index contributed by atoms with van der Waals surface area (Å²) < 4.78 is 11.4. The lowest BCUT2D eigenvalue weighted by Crippen LogP contribution is -2.47. The third-order valence-electron chi connectivity index (χ3n) is 5.51. The number of aryl methyl sites for hydroxylation is 1. The number of aliphatic hydroxyl groups excluding tert-OH is 1. The number of para-hydroxylation sites is 1. The molecule has 37 heavy (non-hydrogen) atoms. The number of anilines is 1. The predicted octanol–water partition coefficient (Wildman–Crippen LogP) is 0.299. The van der Waals surface area contributed by atoms with Gasteiger partial charge in [-0.2, -0.15) is 0 Å². The van der Waals surface area contributed by atoms with Crippen molar-refractivity contribution in [1.82, 2.24) is 4.90 Å². The first-order valence-corrected chi connectivity index (χ1v) is 11.2. The summed E-state index contributed by atoms with van der Waals surface area (Å²) >= 11 is 0. The fourth-order valence-corrected chi connectivity index (χ4v) is 3.91. The molecular formula is C24H27N5O8. The Morgan fingerprint density at radius 3 is 2.59 bits per heavy atom. The van der Waals surface area contributed by atoms with Crippen LogP contribution in [0.15, 0.2) is 36.4 Å². The summed E-state index contributed by atoms with van der Waals surface area (Å²) in [6.45, 7) is -1.41. The number of carbonyl (C=O) groups is 4. The number of aliphatic carboxylic acids is 1. The molecule has 1 atom stereocenters. The van der Waals surface area contributed by atoms with Crippen molar-refractivity contribution in [3.05, 3.63) is 53.1 Å². The Hall–Kier alpha value is -4.65. The molecule has 2 aromatic rings. The van der Waals surface area contributed by atoms with Gasteiger partial charge in [0, 0.05) is 12.1 Å². The summed E-state index contributed by atoms with van der Waals surface area (Å²) in [6.07, 6.45) is 0.378. The van der Waals surface area contributed by atoms with Crippen molar-refractivity contribution in [2.75, 3.05) is 25.1 Å². The van der Waals surface area contributed by atoms with E-state index < -0.39 is 49.4 Å². The van der Waals surface area contributed by atoms with Gasteiger partial charge in [0.1, 0.15) is 6.54 Å². The molecule has 0 radical (unpaired) electrons. The van der Waals surface area contributed by atoms with Gasteiger partial charge in [-0.05, 0) is 48.7 Å². The molecule has 13 nitrogen and oxygen atoms in total. The average molecular weight is 514 g/mol. The number of amides is 2. The molecule has 0 unspecified atom stereocenters. The third kappa shape index (κ3) is 6.73. The van der Waals surface area contributed by atoms with Crippen LogP contribution >= 0.6 is 0 Å². The maximum Gasteiger partial charge on any atom is 0.343 e. The maximum absolute atomic E-state index is 13.4. The number of primary amides is 1. The molecule has 8 N–H and O–H groups in total. The first-order valence-electron chi connectivity index (χ1n) is 11.2. The van der Waals surface area contributed by atoms with E-state index in [4.69, 9.17) is 26.4 Å². The van der Waals surface area contributed by atoms with Gasteiger partial charge in [-0.15, -0.1) is 0 Å². The number of ether oxygens (including phenoxy) is 2. The second-order valence-corrected chi connectivity index (χ2v) is 8.22. The number of hydrogen-bond acceptors (Lipinski definition) is 8. The van der Waals surface area contributed by atoms with E-state index in [1.165, 1.54) is 24.3 Å². The molecule has 1 aliphatic heterocycles. The molecule has 1 heterocycles. The zero-order valence-electron chi connectivity index (χ0n) is 19.7. The third-order valence-corrected chi connectivity index (χ3v) is 5.51. The number of nitrogens with zero attached hydrogens (tertiary/aromatic N) is 1. The minimum Gasteiger partial charge on any atom is -0.489 e. The van der Waals surface area contributed by atoms with E-state index >= 15 is 0 Å². The van der Waals surface area contributed by atoms with E-state index in [1.54, 1.807) is 12.1 Å². The van der Waals surface area contributed by atoms with Gasteiger partial charge in [-0.1, -0.05) is 6.07 Å². The van der Waals surface area contributed by atoms with Crippen LogP contribution in [-0.2, 0) is 16.0 Å². The largest absolute Gasteiger partial charge is 0.489 e. The number of esters is 1. The fraction of sp³-hybridized carbons (Fsp3) is 0.292. The number of benzene rings is 2. The summed E-state index contributed by atoms with van der Waals surface area (Å²) in [7, 11) is 0. The highest BCUT2D eigenvalue weighted by Crippen LogP contribution is 2.35. The fourth-order valence-electron chi connectivity index (χ4n) is 3.91. The van der Waals surface area contributed by atoms with Crippen molar-refractivity contribution < 1.29 is 38.9 Å². The van der Waals surface area contributed by atoms with Gasteiger partial charge in [-0.25, -0.2) is 4.79 Å². The Bertz CT molecular complexity index is 1230. The van der Waals surface area contributed by atoms with Crippen molar-refractivity contribution in [2.24, 2.45) is 11.5 Å². The number of nitrogens with one attached hydrogen (secondary N) is 2. The number of hydrogen-bond donors (Lipinski definition) is 6. The zero-order valence-corrected chi connectivity index (χ0v) is 19.7. The van der Waals surface area contributed by atoms with E-state index in [9.17, 15) is 29.4 Å². The van der Waals surface area contributed by atoms with Crippen LogP contribution in [0.25, 0.3) is 0 Å². The number of fused-ring (bicyclic) bond motifs is 2. The number of guanidine groups is 1. The molecule has 13 heteroatoms. The number of carbonyl (C=O) groups excluding carboxylic acids is 3. The average Bonchev–Trinajstić information content (AvgIpc) is 2.83. The van der Waals surface area contributed by atoms with Gasteiger partial charge < -0.3 is 41.4 Å². The van der Waals surface area contributed by atoms with Gasteiger partial charge in [0.2, 0.25) is 5.91 Å². The van der Waals surface area contributed by atoms with Gasteiger partial charge in [-0.3, -0.25) is 19.8 Å². The second kappa shape index (κ2) is 11.9. The van der Waals surface area contributed by atoms with E-state index in [0.717, 1.165) is 4.90 Å². The molecule has 2 amide bonds. The van der Waals surface area contributed by atoms with E-state index in [2.05, 4.69) is 5.32 Å². The van der Waals surface area contributed by atoms with Crippen molar-refractivity contribution >= 4 is 35.4 Å². The molecule has 2 aromatic carbocycles. The van der Waals surface area contributed by atoms with E-state index in [1.807, 2.05) is 0 Å². The highest BCUT2D eigenvalue weighted by atomic mass is 16.6. The molecule has 0 saturated heterocycles. The first kappa shape index (κ1) is 26.9. The number of carboxylic acids is 1. The molecule has 1 aliphatic rings. The van der Waals surface area contributed by atoms with Crippen LogP contribution in [0.4, 0.5) is 5.69 Å². The van der Waals surface area contributed by atoms with Crippen molar-refractivity contribution in [3.8, 4) is 11.5 Å². The van der Waals surface area contributed by atoms with Gasteiger partial charge in [0.05, 0.1) is 30.4 Å². The SMILES string of the molecule is N=C(N)Nc1ccc2c(c1)CCCOc1c(cccc1C(=O)N(CC(=O)O)[C@H](CO)CC(N)=O)OC2=O. The smallest absolute Gasteiger partial charge is 0.343 e. The van der Waals surface area contributed by atoms with Gasteiger partial charge in [0.25, 0.3) is 5.91 Å². The summed E-state index contributed by atoms with van der Waals surface area (Å²) in [5.41, 5.74) is 11.9. The van der Waals surface area contributed by atoms with Crippen LogP contribution in [0.1, 0.15) is 39.1 Å². The molecule has 3 rings (SSSR count). The molecule has 0 spiro atoms. The Kier molecular flexibility index (Phi) is 8.64. The molecule has 0 fully saturated rings. The van der Waals surface area contributed by atoms with Crippen molar-refractivity contribution in [2.45, 2.75) is 25.3 Å². The molecule has 0 bridgehead atoms. The van der Waals surface area contributed by atoms with E-state index in [-0.39, 0.29) is 35.2 Å². The quantitative estimate of drug-likeness (QED) is 0.123. The maximum atomic E-state index is 13.4. The summed E-state index contributed by atoms with van der Waals surface area (Å²) in [4.78, 5) is 50.2. The second-order valence-electron chi connectivity index (χ2n) is 8.22. The lowest BCUT2D eigenvalue weighted by molar-refractivity contribution is -0.138. The molecule has 0 aromatic heterocycles. The topological polar surface area (TPSA) is 218 Å². The highest BCUT2D eigenvalue weighted by Gasteiger charge is 2.31. The van der Waals surface area contributed by atoms with Crippen molar-refractivity contribution in [1.29, 1.82) is 5.41 Å². The van der Waals surface area contributed by atoms with Crippen LogP contribution in [-0.4, -0.2) is 70.6 Å². The van der Waals surface area contributed by atoms with Crippen LogP contribution < -0.4 is 26.3 Å². The summed E-state index contributed by atoms with van der Waals surface area (Å²) in [5.74, 6) is -4.17. The molecule has 0 saturated carbocycles. The summed E-state index contributed by atoms with van der Waals surface area (Å²) in [6, 6.07) is 7.80. The lowest BCUT2D eigenvalue weighted by atomic mass is 10.0. The Balaban J connectivity index is 1.99. The van der Waals surface area contributed by atoms with E-state index in [0.29, 0.717) is 24.1 Å².